The van der Waals surface area contributed by atoms with Gasteiger partial charge in [-0.05, 0) is 50.3 Å². The molecule has 1 fully saturated rings. The summed E-state index contributed by atoms with van der Waals surface area (Å²) < 4.78 is 14.3. The van der Waals surface area contributed by atoms with Gasteiger partial charge in [-0.25, -0.2) is 4.39 Å². The molecular formula is C17H27FN2O. The molecule has 0 saturated carbocycles. The van der Waals surface area contributed by atoms with E-state index in [2.05, 4.69) is 17.1 Å². The van der Waals surface area contributed by atoms with E-state index in [9.17, 15) is 9.50 Å². The molecule has 1 saturated heterocycles. The van der Waals surface area contributed by atoms with Gasteiger partial charge in [0.25, 0.3) is 0 Å². The van der Waals surface area contributed by atoms with Gasteiger partial charge in [0.2, 0.25) is 0 Å². The van der Waals surface area contributed by atoms with Crippen LogP contribution in [0, 0.1) is 11.7 Å². The highest BCUT2D eigenvalue weighted by Crippen LogP contribution is 2.30. The summed E-state index contributed by atoms with van der Waals surface area (Å²) in [5.41, 5.74) is 1.77. The van der Waals surface area contributed by atoms with Gasteiger partial charge < -0.3 is 15.3 Å². The summed E-state index contributed by atoms with van der Waals surface area (Å²) in [6, 6.07) is 5.32. The van der Waals surface area contributed by atoms with Crippen LogP contribution in [0.15, 0.2) is 18.2 Å². The van der Waals surface area contributed by atoms with Crippen molar-refractivity contribution in [3.05, 3.63) is 29.6 Å². The number of piperidine rings is 1. The van der Waals surface area contributed by atoms with E-state index < -0.39 is 0 Å². The monoisotopic (exact) mass is 294 g/mol. The third-order valence-corrected chi connectivity index (χ3v) is 4.35. The van der Waals surface area contributed by atoms with Crippen molar-refractivity contribution >= 4 is 5.69 Å². The molecule has 1 atom stereocenters. The molecular weight excluding hydrogens is 267 g/mol. The molecule has 0 radical (unpaired) electrons. The van der Waals surface area contributed by atoms with Crippen LogP contribution in [0.3, 0.4) is 0 Å². The van der Waals surface area contributed by atoms with Crippen LogP contribution in [0.25, 0.3) is 0 Å². The zero-order valence-corrected chi connectivity index (χ0v) is 13.1. The number of aliphatic hydroxyl groups excluding tert-OH is 1. The van der Waals surface area contributed by atoms with E-state index in [1.165, 1.54) is 0 Å². The predicted molar refractivity (Wildman–Crippen MR) is 85.0 cm³/mol. The number of para-hydroxylation sites is 1. The summed E-state index contributed by atoms with van der Waals surface area (Å²) in [6.45, 7) is 7.26. The molecule has 1 aliphatic heterocycles. The van der Waals surface area contributed by atoms with Crippen molar-refractivity contribution in [1.29, 1.82) is 0 Å². The molecule has 4 heteroatoms. The average molecular weight is 294 g/mol. The summed E-state index contributed by atoms with van der Waals surface area (Å²) >= 11 is 0. The predicted octanol–water partition coefficient (Wildman–Crippen LogP) is 2.92. The molecule has 1 unspecified atom stereocenters. The lowest BCUT2D eigenvalue weighted by molar-refractivity contribution is 0.110. The van der Waals surface area contributed by atoms with Gasteiger partial charge in [0, 0.05) is 19.6 Å². The van der Waals surface area contributed by atoms with Gasteiger partial charge in [-0.15, -0.1) is 0 Å². The highest BCUT2D eigenvalue weighted by molar-refractivity contribution is 5.55. The molecule has 2 N–H and O–H groups in total. The molecule has 1 heterocycles. The van der Waals surface area contributed by atoms with Crippen LogP contribution in [0.2, 0.25) is 0 Å². The Morgan fingerprint density at radius 3 is 2.71 bits per heavy atom. The largest absolute Gasteiger partial charge is 0.393 e. The number of nitrogens with one attached hydrogen (secondary N) is 1. The molecule has 118 valence electrons. The van der Waals surface area contributed by atoms with Crippen LogP contribution in [0.1, 0.15) is 38.7 Å². The van der Waals surface area contributed by atoms with E-state index in [0.29, 0.717) is 12.5 Å². The minimum absolute atomic E-state index is 0.138. The maximum absolute atomic E-state index is 14.3. The number of nitrogens with zero attached hydrogens (tertiary/aromatic N) is 1. The quantitative estimate of drug-likeness (QED) is 0.792. The minimum Gasteiger partial charge on any atom is -0.393 e. The Labute approximate surface area is 127 Å². The first kappa shape index (κ1) is 16.2. The van der Waals surface area contributed by atoms with Crippen LogP contribution >= 0.6 is 0 Å². The van der Waals surface area contributed by atoms with Crippen LogP contribution < -0.4 is 10.2 Å². The minimum atomic E-state index is -0.265. The summed E-state index contributed by atoms with van der Waals surface area (Å²) in [5, 5.41) is 13.0. The molecule has 0 aliphatic carbocycles. The number of rotatable bonds is 6. The van der Waals surface area contributed by atoms with E-state index in [0.717, 1.165) is 50.1 Å². The maximum Gasteiger partial charge on any atom is 0.146 e. The highest BCUT2D eigenvalue weighted by Gasteiger charge is 2.25. The van der Waals surface area contributed by atoms with E-state index >= 15 is 0 Å². The summed E-state index contributed by atoms with van der Waals surface area (Å²) in [4.78, 5) is 2.14. The molecule has 1 aromatic carbocycles. The Bertz CT molecular complexity index is 442. The lowest BCUT2D eigenvalue weighted by Crippen LogP contribution is -2.38. The van der Waals surface area contributed by atoms with Gasteiger partial charge in [-0.2, -0.15) is 0 Å². The van der Waals surface area contributed by atoms with E-state index in [1.807, 2.05) is 13.0 Å². The van der Waals surface area contributed by atoms with Crippen molar-refractivity contribution in [2.45, 2.75) is 45.8 Å². The molecule has 3 nitrogen and oxygen atoms in total. The second kappa shape index (κ2) is 7.76. The van der Waals surface area contributed by atoms with Gasteiger partial charge in [0.1, 0.15) is 5.82 Å². The Hall–Kier alpha value is -1.13. The average Bonchev–Trinajstić information content (AvgIpc) is 2.48. The van der Waals surface area contributed by atoms with Crippen molar-refractivity contribution in [2.75, 3.05) is 24.5 Å². The number of aliphatic hydroxyl groups is 1. The van der Waals surface area contributed by atoms with Crippen molar-refractivity contribution < 1.29 is 9.50 Å². The van der Waals surface area contributed by atoms with E-state index in [4.69, 9.17) is 0 Å². The molecule has 0 bridgehead atoms. The van der Waals surface area contributed by atoms with Gasteiger partial charge >= 0.3 is 0 Å². The Morgan fingerprint density at radius 1 is 1.38 bits per heavy atom. The lowest BCUT2D eigenvalue weighted by atomic mass is 9.91. The normalized spacial score (nSPS) is 18.0. The van der Waals surface area contributed by atoms with E-state index in [1.54, 1.807) is 12.1 Å². The zero-order valence-electron chi connectivity index (χ0n) is 13.1. The van der Waals surface area contributed by atoms with Crippen LogP contribution in [0.4, 0.5) is 10.1 Å². The zero-order chi connectivity index (χ0) is 15.2. The lowest BCUT2D eigenvalue weighted by Gasteiger charge is -2.36. The Kier molecular flexibility index (Phi) is 6.00. The highest BCUT2D eigenvalue weighted by atomic mass is 19.1. The van der Waals surface area contributed by atoms with Crippen molar-refractivity contribution in [3.8, 4) is 0 Å². The number of anilines is 1. The van der Waals surface area contributed by atoms with Crippen LogP contribution in [0.5, 0.6) is 0 Å². The first-order chi connectivity index (χ1) is 10.1. The third-order valence-electron chi connectivity index (χ3n) is 4.35. The fourth-order valence-electron chi connectivity index (χ4n) is 3.06. The second-order valence-electron chi connectivity index (χ2n) is 5.99. The fourth-order valence-corrected chi connectivity index (χ4v) is 3.06. The number of benzene rings is 1. The third kappa shape index (κ3) is 4.17. The van der Waals surface area contributed by atoms with Crippen molar-refractivity contribution in [1.82, 2.24) is 5.32 Å². The van der Waals surface area contributed by atoms with Gasteiger partial charge in [-0.1, -0.05) is 19.1 Å². The number of hydrogen-bond acceptors (Lipinski definition) is 3. The maximum atomic E-state index is 14.3. The first-order valence-corrected chi connectivity index (χ1v) is 8.04. The molecule has 0 spiro atoms. The topological polar surface area (TPSA) is 35.5 Å². The van der Waals surface area contributed by atoms with Gasteiger partial charge in [0.15, 0.2) is 0 Å². The van der Waals surface area contributed by atoms with Crippen LogP contribution in [-0.4, -0.2) is 30.8 Å². The molecule has 0 amide bonds. The molecule has 2 rings (SSSR count). The smallest absolute Gasteiger partial charge is 0.146 e. The molecule has 1 aliphatic rings. The van der Waals surface area contributed by atoms with Gasteiger partial charge in [0.05, 0.1) is 11.8 Å². The molecule has 1 aromatic rings. The van der Waals surface area contributed by atoms with Crippen molar-refractivity contribution in [3.63, 3.8) is 0 Å². The summed E-state index contributed by atoms with van der Waals surface area (Å²) in [7, 11) is 0. The SMILES string of the molecule is CCCNCc1cccc(F)c1N1CCC(C(C)O)CC1. The first-order valence-electron chi connectivity index (χ1n) is 8.04. The Morgan fingerprint density at radius 2 is 2.10 bits per heavy atom. The number of halogens is 1. The Balaban J connectivity index is 2.08. The summed E-state index contributed by atoms with van der Waals surface area (Å²) in [6.07, 6.45) is 2.66. The fraction of sp³-hybridized carbons (Fsp3) is 0.647. The van der Waals surface area contributed by atoms with E-state index in [-0.39, 0.29) is 11.9 Å². The van der Waals surface area contributed by atoms with Gasteiger partial charge in [-0.3, -0.25) is 0 Å². The van der Waals surface area contributed by atoms with Crippen molar-refractivity contribution in [2.24, 2.45) is 5.92 Å². The van der Waals surface area contributed by atoms with Crippen LogP contribution in [-0.2, 0) is 6.54 Å². The summed E-state index contributed by atoms with van der Waals surface area (Å²) in [5.74, 6) is 0.205. The molecule has 0 aromatic heterocycles. The second-order valence-corrected chi connectivity index (χ2v) is 5.99. The standard InChI is InChI=1S/C17H27FN2O/c1-3-9-19-12-15-5-4-6-16(18)17(15)20-10-7-14(8-11-20)13(2)21/h4-6,13-14,19,21H,3,7-12H2,1-2H3. The molecule has 21 heavy (non-hydrogen) atoms. The number of hydrogen-bond donors (Lipinski definition) is 2.